The van der Waals surface area contributed by atoms with Gasteiger partial charge < -0.3 is 15.0 Å². The van der Waals surface area contributed by atoms with Crippen molar-refractivity contribution in [1.82, 2.24) is 4.98 Å². The van der Waals surface area contributed by atoms with E-state index in [2.05, 4.69) is 29.0 Å². The molecule has 1 N–H and O–H groups in total. The molecule has 0 radical (unpaired) electrons. The minimum absolute atomic E-state index is 0.263. The van der Waals surface area contributed by atoms with Crippen molar-refractivity contribution < 1.29 is 4.74 Å². The number of hydrogen-bond acceptors (Lipinski definition) is 4. The second-order valence-corrected chi connectivity index (χ2v) is 5.48. The van der Waals surface area contributed by atoms with Gasteiger partial charge in [-0.15, -0.1) is 0 Å². The van der Waals surface area contributed by atoms with Crippen LogP contribution in [0.3, 0.4) is 0 Å². The lowest BCUT2D eigenvalue weighted by atomic mass is 10.2. The summed E-state index contributed by atoms with van der Waals surface area (Å²) in [5.74, 6) is 1.47. The number of nitrogens with zero attached hydrogens (tertiary/aromatic N) is 2. The molecule has 106 valence electrons. The molecule has 0 amide bonds. The van der Waals surface area contributed by atoms with Gasteiger partial charge in [0.1, 0.15) is 11.6 Å². The first-order chi connectivity index (χ1) is 9.13. The summed E-state index contributed by atoms with van der Waals surface area (Å²) < 4.78 is 5.44. The van der Waals surface area contributed by atoms with Crippen LogP contribution in [0, 0.1) is 0 Å². The van der Waals surface area contributed by atoms with Gasteiger partial charge in [-0.2, -0.15) is 0 Å². The Morgan fingerprint density at radius 2 is 2.26 bits per heavy atom. The topological polar surface area (TPSA) is 37.4 Å². The molecule has 19 heavy (non-hydrogen) atoms. The van der Waals surface area contributed by atoms with E-state index >= 15 is 0 Å². The van der Waals surface area contributed by atoms with Gasteiger partial charge in [-0.3, -0.25) is 0 Å². The number of nitrogens with one attached hydrogen (secondary N) is 1. The SMILES string of the molecule is CCCNc1nc(N2CCOCC2C)c(Cl)cc1Cl. The van der Waals surface area contributed by atoms with Crippen molar-refractivity contribution in [3.8, 4) is 0 Å². The molecule has 0 saturated carbocycles. The predicted octanol–water partition coefficient (Wildman–Crippen LogP) is 3.44. The maximum atomic E-state index is 6.28. The van der Waals surface area contributed by atoms with Crippen LogP contribution in [0.5, 0.6) is 0 Å². The molecule has 0 bridgehead atoms. The van der Waals surface area contributed by atoms with Crippen LogP contribution in [-0.2, 0) is 4.74 Å². The number of anilines is 2. The van der Waals surface area contributed by atoms with Gasteiger partial charge in [0.25, 0.3) is 0 Å². The molecule has 2 rings (SSSR count). The molecule has 4 nitrogen and oxygen atoms in total. The molecule has 1 fully saturated rings. The van der Waals surface area contributed by atoms with Gasteiger partial charge >= 0.3 is 0 Å². The normalized spacial score (nSPS) is 19.6. The molecule has 1 atom stereocenters. The van der Waals surface area contributed by atoms with Crippen LogP contribution in [0.25, 0.3) is 0 Å². The van der Waals surface area contributed by atoms with Crippen LogP contribution in [0.4, 0.5) is 11.6 Å². The molecule has 1 aromatic rings. The van der Waals surface area contributed by atoms with Crippen molar-refractivity contribution in [1.29, 1.82) is 0 Å². The van der Waals surface area contributed by atoms with E-state index in [1.807, 2.05) is 0 Å². The average molecular weight is 304 g/mol. The van der Waals surface area contributed by atoms with Gasteiger partial charge in [0.2, 0.25) is 0 Å². The number of ether oxygens (including phenoxy) is 1. The molecule has 0 aliphatic carbocycles. The highest BCUT2D eigenvalue weighted by Crippen LogP contribution is 2.33. The Bertz CT molecular complexity index is 442. The Morgan fingerprint density at radius 3 is 2.95 bits per heavy atom. The van der Waals surface area contributed by atoms with Crippen LogP contribution in [0.15, 0.2) is 6.07 Å². The first-order valence-corrected chi connectivity index (χ1v) is 7.33. The zero-order valence-electron chi connectivity index (χ0n) is 11.2. The minimum Gasteiger partial charge on any atom is -0.377 e. The maximum Gasteiger partial charge on any atom is 0.150 e. The maximum absolute atomic E-state index is 6.28. The highest BCUT2D eigenvalue weighted by atomic mass is 35.5. The average Bonchev–Trinajstić information content (AvgIpc) is 2.39. The summed E-state index contributed by atoms with van der Waals surface area (Å²) in [6, 6.07) is 2.02. The third-order valence-electron chi connectivity index (χ3n) is 3.09. The van der Waals surface area contributed by atoms with Gasteiger partial charge in [0.05, 0.1) is 29.3 Å². The first kappa shape index (κ1) is 14.7. The Kier molecular flexibility index (Phi) is 5.13. The summed E-state index contributed by atoms with van der Waals surface area (Å²) in [5, 5.41) is 4.37. The zero-order chi connectivity index (χ0) is 13.8. The first-order valence-electron chi connectivity index (χ1n) is 6.57. The fourth-order valence-corrected chi connectivity index (χ4v) is 2.60. The van der Waals surface area contributed by atoms with E-state index < -0.39 is 0 Å². The second-order valence-electron chi connectivity index (χ2n) is 4.67. The van der Waals surface area contributed by atoms with Gasteiger partial charge in [0.15, 0.2) is 0 Å². The quantitative estimate of drug-likeness (QED) is 0.924. The summed E-state index contributed by atoms with van der Waals surface area (Å²) in [6.07, 6.45) is 1.02. The standard InChI is InChI=1S/C13H19Cl2N3O/c1-3-4-16-12-10(14)7-11(15)13(17-12)18-5-6-19-8-9(18)2/h7,9H,3-6,8H2,1-2H3,(H,16,17). The van der Waals surface area contributed by atoms with Crippen LogP contribution >= 0.6 is 23.2 Å². The molecule has 1 unspecified atom stereocenters. The minimum atomic E-state index is 0.263. The molecule has 1 aromatic heterocycles. The highest BCUT2D eigenvalue weighted by Gasteiger charge is 2.23. The van der Waals surface area contributed by atoms with Gasteiger partial charge in [-0.25, -0.2) is 4.98 Å². The van der Waals surface area contributed by atoms with Crippen LogP contribution < -0.4 is 10.2 Å². The summed E-state index contributed by atoms with van der Waals surface area (Å²) in [5.41, 5.74) is 0. The lowest BCUT2D eigenvalue weighted by molar-refractivity contribution is 0.0985. The molecule has 1 aliphatic heterocycles. The number of pyridine rings is 1. The van der Waals surface area contributed by atoms with Crippen molar-refractivity contribution in [2.24, 2.45) is 0 Å². The molecule has 0 spiro atoms. The zero-order valence-corrected chi connectivity index (χ0v) is 12.8. The van der Waals surface area contributed by atoms with Crippen LogP contribution in [0.1, 0.15) is 20.3 Å². The fourth-order valence-electron chi connectivity index (χ4n) is 2.07. The summed E-state index contributed by atoms with van der Waals surface area (Å²) >= 11 is 12.4. The van der Waals surface area contributed by atoms with Crippen molar-refractivity contribution in [2.45, 2.75) is 26.3 Å². The summed E-state index contributed by atoms with van der Waals surface area (Å²) in [7, 11) is 0. The molecule has 2 heterocycles. The Balaban J connectivity index is 2.28. The van der Waals surface area contributed by atoms with Crippen molar-refractivity contribution in [3.63, 3.8) is 0 Å². The lowest BCUT2D eigenvalue weighted by Gasteiger charge is -2.35. The molecular formula is C13H19Cl2N3O. The monoisotopic (exact) mass is 303 g/mol. The van der Waals surface area contributed by atoms with E-state index in [0.717, 1.165) is 25.3 Å². The third-order valence-corrected chi connectivity index (χ3v) is 3.66. The molecular weight excluding hydrogens is 285 g/mol. The fraction of sp³-hybridized carbons (Fsp3) is 0.615. The second kappa shape index (κ2) is 6.64. The molecule has 6 heteroatoms. The van der Waals surface area contributed by atoms with E-state index in [0.29, 0.717) is 29.1 Å². The summed E-state index contributed by atoms with van der Waals surface area (Å²) in [4.78, 5) is 6.74. The number of morpholine rings is 1. The van der Waals surface area contributed by atoms with Crippen LogP contribution in [-0.4, -0.2) is 37.3 Å². The Hall–Kier alpha value is -0.710. The highest BCUT2D eigenvalue weighted by molar-refractivity contribution is 6.37. The van der Waals surface area contributed by atoms with Gasteiger partial charge in [-0.05, 0) is 19.4 Å². The number of aromatic nitrogens is 1. The number of rotatable bonds is 4. The van der Waals surface area contributed by atoms with Crippen LogP contribution in [0.2, 0.25) is 10.0 Å². The molecule has 1 saturated heterocycles. The molecule has 0 aromatic carbocycles. The van der Waals surface area contributed by atoms with Crippen molar-refractivity contribution >= 4 is 34.8 Å². The third kappa shape index (κ3) is 3.44. The number of halogens is 2. The molecule has 1 aliphatic rings. The van der Waals surface area contributed by atoms with E-state index in [9.17, 15) is 0 Å². The smallest absolute Gasteiger partial charge is 0.150 e. The Morgan fingerprint density at radius 1 is 1.47 bits per heavy atom. The van der Waals surface area contributed by atoms with Gasteiger partial charge in [0, 0.05) is 13.1 Å². The largest absolute Gasteiger partial charge is 0.377 e. The Labute approximate surface area is 124 Å². The summed E-state index contributed by atoms with van der Waals surface area (Å²) in [6.45, 7) is 7.23. The van der Waals surface area contributed by atoms with Crippen molar-refractivity contribution in [3.05, 3.63) is 16.1 Å². The van der Waals surface area contributed by atoms with E-state index in [1.54, 1.807) is 6.07 Å². The predicted molar refractivity (Wildman–Crippen MR) is 80.7 cm³/mol. The van der Waals surface area contributed by atoms with Crippen molar-refractivity contribution in [2.75, 3.05) is 36.5 Å². The van der Waals surface area contributed by atoms with E-state index in [-0.39, 0.29) is 6.04 Å². The van der Waals surface area contributed by atoms with E-state index in [1.165, 1.54) is 0 Å². The van der Waals surface area contributed by atoms with Gasteiger partial charge in [-0.1, -0.05) is 30.1 Å². The van der Waals surface area contributed by atoms with E-state index in [4.69, 9.17) is 27.9 Å². The number of hydrogen-bond donors (Lipinski definition) is 1. The lowest BCUT2D eigenvalue weighted by Crippen LogP contribution is -2.44.